The average Bonchev–Trinajstić information content (AvgIpc) is 3.03. The summed E-state index contributed by atoms with van der Waals surface area (Å²) in [5.74, 6) is -0.386. The van der Waals surface area contributed by atoms with Crippen LogP contribution in [0.25, 0.3) is 5.57 Å². The normalized spacial score (nSPS) is 11.2. The molecule has 0 saturated carbocycles. The van der Waals surface area contributed by atoms with Crippen molar-refractivity contribution in [3.05, 3.63) is 42.1 Å². The van der Waals surface area contributed by atoms with Gasteiger partial charge in [-0.3, -0.25) is 4.99 Å². The summed E-state index contributed by atoms with van der Waals surface area (Å²) in [6, 6.07) is 9.89. The lowest BCUT2D eigenvalue weighted by Crippen LogP contribution is -2.10. The molecule has 1 aromatic carbocycles. The second-order valence-corrected chi connectivity index (χ2v) is 5.91. The van der Waals surface area contributed by atoms with Gasteiger partial charge in [-0.25, -0.2) is 9.78 Å². The van der Waals surface area contributed by atoms with Crippen LogP contribution in [0.3, 0.4) is 0 Å². The fraction of sp³-hybridized carbons (Fsp3) is 0.278. The third-order valence-electron chi connectivity index (χ3n) is 3.33. The van der Waals surface area contributed by atoms with Gasteiger partial charge >= 0.3 is 5.97 Å². The molecule has 0 bridgehead atoms. The summed E-state index contributed by atoms with van der Waals surface area (Å²) in [7, 11) is 1.93. The maximum absolute atomic E-state index is 12.2. The summed E-state index contributed by atoms with van der Waals surface area (Å²) in [6.45, 7) is 7.67. The van der Waals surface area contributed by atoms with Gasteiger partial charge in [0.05, 0.1) is 12.2 Å². The second-order valence-electron chi connectivity index (χ2n) is 4.95. The number of rotatable bonds is 7. The number of hydrogen-bond donors (Lipinski definition) is 0. The number of anilines is 2. The monoisotopic (exact) mass is 343 g/mol. The second kappa shape index (κ2) is 8.40. The molecular weight excluding hydrogens is 322 g/mol. The number of benzene rings is 1. The van der Waals surface area contributed by atoms with Crippen LogP contribution >= 0.6 is 11.3 Å². The van der Waals surface area contributed by atoms with Crippen molar-refractivity contribution >= 4 is 45.4 Å². The summed E-state index contributed by atoms with van der Waals surface area (Å²) in [6.07, 6.45) is 2.51. The Kier molecular flexibility index (Phi) is 6.26. The minimum atomic E-state index is -0.386. The van der Waals surface area contributed by atoms with Crippen LogP contribution in [0.1, 0.15) is 26.0 Å². The minimum Gasteiger partial charge on any atom is -0.462 e. The Labute approximate surface area is 146 Å². The fourth-order valence-electron chi connectivity index (χ4n) is 2.18. The third kappa shape index (κ3) is 3.89. The first-order valence-electron chi connectivity index (χ1n) is 7.76. The van der Waals surface area contributed by atoms with Crippen LogP contribution in [0.4, 0.5) is 15.8 Å². The lowest BCUT2D eigenvalue weighted by atomic mass is 10.1. The molecule has 0 atom stereocenters. The predicted molar refractivity (Wildman–Crippen MR) is 101 cm³/mol. The van der Waals surface area contributed by atoms with E-state index in [1.54, 1.807) is 6.92 Å². The van der Waals surface area contributed by atoms with E-state index in [-0.39, 0.29) is 5.97 Å². The van der Waals surface area contributed by atoms with Crippen LogP contribution in [0.2, 0.25) is 0 Å². The zero-order valence-electron chi connectivity index (χ0n) is 14.2. The molecule has 0 saturated heterocycles. The average molecular weight is 343 g/mol. The largest absolute Gasteiger partial charge is 0.462 e. The number of para-hydroxylation sites is 1. The molecule has 5 nitrogen and oxygen atoms in total. The number of thiazole rings is 1. The van der Waals surface area contributed by atoms with Gasteiger partial charge in [-0.05, 0) is 32.2 Å². The van der Waals surface area contributed by atoms with Crippen molar-refractivity contribution in [2.75, 3.05) is 18.6 Å². The van der Waals surface area contributed by atoms with Gasteiger partial charge in [0.15, 0.2) is 5.13 Å². The Morgan fingerprint density at radius 1 is 1.38 bits per heavy atom. The minimum absolute atomic E-state index is 0.317. The first kappa shape index (κ1) is 17.9. The van der Waals surface area contributed by atoms with Gasteiger partial charge in [-0.15, -0.1) is 0 Å². The van der Waals surface area contributed by atoms with Crippen LogP contribution < -0.4 is 4.90 Å². The SMILES string of the molecule is C=Nc1sc(N(C)c2ccccc2)nc1C(=CCC)C(=O)OCC. The van der Waals surface area contributed by atoms with Crippen LogP contribution in [0.15, 0.2) is 41.4 Å². The fourth-order valence-corrected chi connectivity index (χ4v) is 3.05. The molecule has 0 spiro atoms. The molecule has 0 amide bonds. The van der Waals surface area contributed by atoms with E-state index in [0.717, 1.165) is 10.8 Å². The maximum atomic E-state index is 12.2. The molecule has 0 N–H and O–H groups in total. The summed E-state index contributed by atoms with van der Waals surface area (Å²) >= 11 is 1.39. The van der Waals surface area contributed by atoms with Crippen LogP contribution in [-0.2, 0) is 9.53 Å². The summed E-state index contributed by atoms with van der Waals surface area (Å²) in [5.41, 5.74) is 1.96. The van der Waals surface area contributed by atoms with Crippen molar-refractivity contribution in [2.45, 2.75) is 20.3 Å². The van der Waals surface area contributed by atoms with Gasteiger partial charge in [0.2, 0.25) is 0 Å². The number of carbonyl (C=O) groups excluding carboxylic acids is 1. The molecule has 2 aromatic rings. The van der Waals surface area contributed by atoms with Crippen molar-refractivity contribution in [3.63, 3.8) is 0 Å². The number of aliphatic imine (C=N–C) groups is 1. The lowest BCUT2D eigenvalue weighted by Gasteiger charge is -2.15. The number of hydrogen-bond acceptors (Lipinski definition) is 6. The smallest absolute Gasteiger partial charge is 0.340 e. The molecule has 24 heavy (non-hydrogen) atoms. The zero-order chi connectivity index (χ0) is 17.5. The molecule has 0 unspecified atom stereocenters. The third-order valence-corrected chi connectivity index (χ3v) is 4.39. The van der Waals surface area contributed by atoms with E-state index in [1.807, 2.05) is 55.3 Å². The number of carbonyl (C=O) groups is 1. The van der Waals surface area contributed by atoms with Gasteiger partial charge in [0.1, 0.15) is 10.7 Å². The Hall–Kier alpha value is -2.47. The number of allylic oxidation sites excluding steroid dienone is 1. The zero-order valence-corrected chi connectivity index (χ0v) is 15.0. The molecule has 0 fully saturated rings. The van der Waals surface area contributed by atoms with E-state index in [0.29, 0.717) is 29.3 Å². The van der Waals surface area contributed by atoms with Gasteiger partial charge in [0, 0.05) is 12.7 Å². The Bertz CT molecular complexity index is 738. The molecule has 0 aliphatic rings. The Morgan fingerprint density at radius 2 is 2.08 bits per heavy atom. The highest BCUT2D eigenvalue weighted by Crippen LogP contribution is 2.39. The molecule has 1 heterocycles. The lowest BCUT2D eigenvalue weighted by molar-refractivity contribution is -0.136. The van der Waals surface area contributed by atoms with Crippen molar-refractivity contribution in [3.8, 4) is 0 Å². The predicted octanol–water partition coefficient (Wildman–Crippen LogP) is 4.60. The molecule has 6 heteroatoms. The molecule has 0 radical (unpaired) electrons. The summed E-state index contributed by atoms with van der Waals surface area (Å²) < 4.78 is 5.15. The van der Waals surface area contributed by atoms with E-state index in [1.165, 1.54) is 11.3 Å². The van der Waals surface area contributed by atoms with E-state index in [4.69, 9.17) is 4.74 Å². The van der Waals surface area contributed by atoms with E-state index in [9.17, 15) is 4.79 Å². The molecule has 1 aromatic heterocycles. The van der Waals surface area contributed by atoms with E-state index < -0.39 is 0 Å². The van der Waals surface area contributed by atoms with E-state index >= 15 is 0 Å². The number of nitrogens with zero attached hydrogens (tertiary/aromatic N) is 3. The maximum Gasteiger partial charge on any atom is 0.340 e. The van der Waals surface area contributed by atoms with Crippen LogP contribution in [-0.4, -0.2) is 31.3 Å². The highest BCUT2D eigenvalue weighted by atomic mass is 32.1. The summed E-state index contributed by atoms with van der Waals surface area (Å²) in [4.78, 5) is 22.9. The molecule has 0 aliphatic heterocycles. The van der Waals surface area contributed by atoms with Gasteiger partial charge in [0.25, 0.3) is 0 Å². The number of esters is 1. The quantitative estimate of drug-likeness (QED) is 0.419. The number of aromatic nitrogens is 1. The first-order valence-corrected chi connectivity index (χ1v) is 8.57. The molecule has 126 valence electrons. The highest BCUT2D eigenvalue weighted by molar-refractivity contribution is 7.19. The standard InChI is InChI=1S/C18H21N3O2S/c1-5-10-14(17(22)23-6-2)15-16(19-3)24-18(20-15)21(4)13-11-8-7-9-12-13/h7-12H,3,5-6H2,1-2,4H3. The van der Waals surface area contributed by atoms with Gasteiger partial charge < -0.3 is 9.64 Å². The molecular formula is C18H21N3O2S. The van der Waals surface area contributed by atoms with Crippen molar-refractivity contribution in [1.82, 2.24) is 4.98 Å². The van der Waals surface area contributed by atoms with Crippen LogP contribution in [0, 0.1) is 0 Å². The van der Waals surface area contributed by atoms with Crippen LogP contribution in [0.5, 0.6) is 0 Å². The molecule has 2 rings (SSSR count). The Balaban J connectivity index is 2.44. The van der Waals surface area contributed by atoms with Crippen molar-refractivity contribution < 1.29 is 9.53 Å². The van der Waals surface area contributed by atoms with Crippen molar-refractivity contribution in [1.29, 1.82) is 0 Å². The van der Waals surface area contributed by atoms with Gasteiger partial charge in [-0.1, -0.05) is 42.5 Å². The number of ether oxygens (including phenoxy) is 1. The van der Waals surface area contributed by atoms with Gasteiger partial charge in [-0.2, -0.15) is 0 Å². The van der Waals surface area contributed by atoms with Crippen molar-refractivity contribution in [2.24, 2.45) is 4.99 Å². The highest BCUT2D eigenvalue weighted by Gasteiger charge is 2.22. The Morgan fingerprint density at radius 3 is 2.67 bits per heavy atom. The molecule has 0 aliphatic carbocycles. The topological polar surface area (TPSA) is 54.8 Å². The first-order chi connectivity index (χ1) is 11.6. The van der Waals surface area contributed by atoms with E-state index in [2.05, 4.69) is 16.7 Å². The summed E-state index contributed by atoms with van der Waals surface area (Å²) in [5, 5.41) is 1.35.